The summed E-state index contributed by atoms with van der Waals surface area (Å²) in [6.45, 7) is 3.54. The van der Waals surface area contributed by atoms with Crippen molar-refractivity contribution in [1.82, 2.24) is 4.90 Å². The molecule has 0 radical (unpaired) electrons. The van der Waals surface area contributed by atoms with Crippen LogP contribution in [0.3, 0.4) is 0 Å². The van der Waals surface area contributed by atoms with Crippen molar-refractivity contribution < 1.29 is 9.53 Å². The zero-order valence-electron chi connectivity index (χ0n) is 7.51. The molecule has 1 unspecified atom stereocenters. The van der Waals surface area contributed by atoms with Crippen molar-refractivity contribution in [3.8, 4) is 0 Å². The van der Waals surface area contributed by atoms with Gasteiger partial charge in [-0.2, -0.15) is 0 Å². The van der Waals surface area contributed by atoms with Gasteiger partial charge in [-0.05, 0) is 12.5 Å². The third-order valence-electron chi connectivity index (χ3n) is 1.86. The number of ether oxygens (including phenoxy) is 1. The van der Waals surface area contributed by atoms with Gasteiger partial charge in [-0.1, -0.05) is 5.11 Å². The summed E-state index contributed by atoms with van der Waals surface area (Å²) in [7, 11) is 0. The van der Waals surface area contributed by atoms with Crippen LogP contribution < -0.4 is 0 Å². The van der Waals surface area contributed by atoms with Crippen molar-refractivity contribution in [2.24, 2.45) is 5.11 Å². The first kappa shape index (κ1) is 9.83. The Morgan fingerprint density at radius 2 is 2.62 bits per heavy atom. The molecule has 1 atom stereocenters. The summed E-state index contributed by atoms with van der Waals surface area (Å²) in [4.78, 5) is 15.5. The third-order valence-corrected chi connectivity index (χ3v) is 1.86. The van der Waals surface area contributed by atoms with E-state index in [-0.39, 0.29) is 18.6 Å². The highest BCUT2D eigenvalue weighted by atomic mass is 16.5. The van der Waals surface area contributed by atoms with Gasteiger partial charge < -0.3 is 9.64 Å². The standard InChI is InChI=1S/C7H12N4O2/c1-6-5-11(2-3-13-6)7(12)4-9-10-8/h6H,2-5H2,1H3. The molecule has 13 heavy (non-hydrogen) atoms. The van der Waals surface area contributed by atoms with E-state index in [9.17, 15) is 4.79 Å². The molecule has 1 amide bonds. The van der Waals surface area contributed by atoms with Crippen LogP contribution in [0.5, 0.6) is 0 Å². The number of nitrogens with zero attached hydrogens (tertiary/aromatic N) is 4. The second-order valence-corrected chi connectivity index (χ2v) is 2.91. The Balaban J connectivity index is 2.41. The molecule has 0 aromatic carbocycles. The molecule has 0 aromatic rings. The second-order valence-electron chi connectivity index (χ2n) is 2.91. The van der Waals surface area contributed by atoms with Crippen molar-refractivity contribution in [3.63, 3.8) is 0 Å². The SMILES string of the molecule is CC1CN(C(=O)CN=[N+]=[N-])CCO1. The van der Waals surface area contributed by atoms with E-state index in [0.29, 0.717) is 19.7 Å². The van der Waals surface area contributed by atoms with Crippen LogP contribution in [0.2, 0.25) is 0 Å². The Labute approximate surface area is 76.1 Å². The van der Waals surface area contributed by atoms with Gasteiger partial charge in [-0.15, -0.1) is 0 Å². The van der Waals surface area contributed by atoms with Crippen molar-refractivity contribution in [2.45, 2.75) is 13.0 Å². The van der Waals surface area contributed by atoms with E-state index in [1.54, 1.807) is 4.90 Å². The number of carbonyl (C=O) groups is 1. The lowest BCUT2D eigenvalue weighted by Gasteiger charge is -2.30. The fraction of sp³-hybridized carbons (Fsp3) is 0.857. The highest BCUT2D eigenvalue weighted by Gasteiger charge is 2.20. The summed E-state index contributed by atoms with van der Waals surface area (Å²) in [6.07, 6.45) is 0.0729. The summed E-state index contributed by atoms with van der Waals surface area (Å²) < 4.78 is 5.27. The number of amides is 1. The Hall–Kier alpha value is -1.26. The molecule has 0 aliphatic carbocycles. The summed E-state index contributed by atoms with van der Waals surface area (Å²) in [6, 6.07) is 0. The van der Waals surface area contributed by atoms with E-state index >= 15 is 0 Å². The van der Waals surface area contributed by atoms with E-state index < -0.39 is 0 Å². The van der Waals surface area contributed by atoms with E-state index in [0.717, 1.165) is 0 Å². The van der Waals surface area contributed by atoms with Crippen LogP contribution in [0.1, 0.15) is 6.92 Å². The van der Waals surface area contributed by atoms with Gasteiger partial charge in [0, 0.05) is 18.0 Å². The monoisotopic (exact) mass is 184 g/mol. The highest BCUT2D eigenvalue weighted by molar-refractivity contribution is 5.78. The summed E-state index contributed by atoms with van der Waals surface area (Å²) >= 11 is 0. The van der Waals surface area contributed by atoms with Gasteiger partial charge in [0.05, 0.1) is 12.7 Å². The Morgan fingerprint density at radius 1 is 1.85 bits per heavy atom. The fourth-order valence-corrected chi connectivity index (χ4v) is 1.24. The molecular weight excluding hydrogens is 172 g/mol. The molecule has 6 nitrogen and oxygen atoms in total. The lowest BCUT2D eigenvalue weighted by molar-refractivity contribution is -0.136. The maximum Gasteiger partial charge on any atom is 0.228 e. The van der Waals surface area contributed by atoms with Crippen LogP contribution >= 0.6 is 0 Å². The van der Waals surface area contributed by atoms with Crippen LogP contribution in [0.15, 0.2) is 5.11 Å². The Bertz CT molecular complexity index is 237. The van der Waals surface area contributed by atoms with Crippen molar-refractivity contribution in [1.29, 1.82) is 0 Å². The molecule has 0 bridgehead atoms. The number of azide groups is 1. The normalized spacial score (nSPS) is 22.2. The predicted octanol–water partition coefficient (Wildman–Crippen LogP) is 0.544. The minimum absolute atomic E-state index is 0.0729. The number of hydrogen-bond acceptors (Lipinski definition) is 3. The van der Waals surface area contributed by atoms with E-state index in [1.807, 2.05) is 6.92 Å². The topological polar surface area (TPSA) is 78.3 Å². The van der Waals surface area contributed by atoms with Gasteiger partial charge in [0.25, 0.3) is 0 Å². The molecule has 0 saturated carbocycles. The zero-order chi connectivity index (χ0) is 9.68. The van der Waals surface area contributed by atoms with E-state index in [4.69, 9.17) is 10.3 Å². The van der Waals surface area contributed by atoms with Crippen LogP contribution in [-0.4, -0.2) is 43.2 Å². The van der Waals surface area contributed by atoms with Crippen LogP contribution in [0, 0.1) is 0 Å². The molecule has 1 heterocycles. The van der Waals surface area contributed by atoms with Crippen molar-refractivity contribution in [2.75, 3.05) is 26.2 Å². The molecular formula is C7H12N4O2. The van der Waals surface area contributed by atoms with E-state index in [2.05, 4.69) is 10.0 Å². The van der Waals surface area contributed by atoms with Gasteiger partial charge in [0.1, 0.15) is 6.54 Å². The van der Waals surface area contributed by atoms with Gasteiger partial charge in [-0.25, -0.2) is 0 Å². The molecule has 1 rings (SSSR count). The molecule has 72 valence electrons. The van der Waals surface area contributed by atoms with Gasteiger partial charge in [0.15, 0.2) is 0 Å². The average molecular weight is 184 g/mol. The smallest absolute Gasteiger partial charge is 0.228 e. The second kappa shape index (κ2) is 4.69. The largest absolute Gasteiger partial charge is 0.375 e. The van der Waals surface area contributed by atoms with Crippen LogP contribution in [-0.2, 0) is 9.53 Å². The van der Waals surface area contributed by atoms with Gasteiger partial charge in [-0.3, -0.25) is 4.79 Å². The number of carbonyl (C=O) groups excluding carboxylic acids is 1. The molecule has 6 heteroatoms. The Morgan fingerprint density at radius 3 is 3.23 bits per heavy atom. The summed E-state index contributed by atoms with van der Waals surface area (Å²) in [5, 5.41) is 3.22. The maximum absolute atomic E-state index is 11.3. The van der Waals surface area contributed by atoms with Gasteiger partial charge >= 0.3 is 0 Å². The molecule has 1 fully saturated rings. The first-order valence-corrected chi connectivity index (χ1v) is 4.14. The summed E-state index contributed by atoms with van der Waals surface area (Å²) in [5.74, 6) is -0.132. The average Bonchev–Trinajstić information content (AvgIpc) is 2.14. The first-order valence-electron chi connectivity index (χ1n) is 4.14. The van der Waals surface area contributed by atoms with E-state index in [1.165, 1.54) is 0 Å². The van der Waals surface area contributed by atoms with Crippen LogP contribution in [0.25, 0.3) is 10.4 Å². The fourth-order valence-electron chi connectivity index (χ4n) is 1.24. The number of hydrogen-bond donors (Lipinski definition) is 0. The van der Waals surface area contributed by atoms with Crippen molar-refractivity contribution in [3.05, 3.63) is 10.4 Å². The molecule has 1 aliphatic heterocycles. The number of morpholine rings is 1. The molecule has 0 N–H and O–H groups in total. The number of rotatable bonds is 2. The minimum atomic E-state index is -0.132. The molecule has 0 aromatic heterocycles. The molecule has 0 spiro atoms. The lowest BCUT2D eigenvalue weighted by Crippen LogP contribution is -2.45. The molecule has 1 saturated heterocycles. The first-order chi connectivity index (χ1) is 6.24. The zero-order valence-corrected chi connectivity index (χ0v) is 7.51. The predicted molar refractivity (Wildman–Crippen MR) is 46.0 cm³/mol. The third kappa shape index (κ3) is 2.93. The maximum atomic E-state index is 11.3. The summed E-state index contributed by atoms with van der Waals surface area (Å²) in [5.41, 5.74) is 8.03. The lowest BCUT2D eigenvalue weighted by atomic mass is 10.3. The van der Waals surface area contributed by atoms with Gasteiger partial charge in [0.2, 0.25) is 5.91 Å². The Kier molecular flexibility index (Phi) is 3.54. The minimum Gasteiger partial charge on any atom is -0.375 e. The molecule has 1 aliphatic rings. The quantitative estimate of drug-likeness (QED) is 0.356. The van der Waals surface area contributed by atoms with Crippen LogP contribution in [0.4, 0.5) is 0 Å². The highest BCUT2D eigenvalue weighted by Crippen LogP contribution is 2.04. The van der Waals surface area contributed by atoms with Crippen molar-refractivity contribution >= 4 is 5.91 Å².